The zero-order valence-corrected chi connectivity index (χ0v) is 18.1. The highest BCUT2D eigenvalue weighted by Crippen LogP contribution is 2.21. The molecule has 1 N–H and O–H groups in total. The summed E-state index contributed by atoms with van der Waals surface area (Å²) in [5.74, 6) is -0.234. The molecule has 0 aliphatic heterocycles. The minimum absolute atomic E-state index is 0.0660. The van der Waals surface area contributed by atoms with E-state index >= 15 is 0 Å². The molecular weight excluding hydrogens is 440 g/mol. The van der Waals surface area contributed by atoms with Gasteiger partial charge in [-0.2, -0.15) is 10.2 Å². The van der Waals surface area contributed by atoms with E-state index in [9.17, 15) is 14.9 Å². The van der Waals surface area contributed by atoms with Gasteiger partial charge in [0.05, 0.1) is 34.8 Å². The highest BCUT2D eigenvalue weighted by molar-refractivity contribution is 7.12. The average molecular weight is 459 g/mol. The summed E-state index contributed by atoms with van der Waals surface area (Å²) in [5, 5.41) is 26.2. The Morgan fingerprint density at radius 1 is 1.03 bits per heavy atom. The standard InChI is InChI=1S/C23H18N6O3S/c30-23(22-8-16(15-33-22)11-27-14-20(10-25-27)29(31)32)26-19-9-24-28(13-19)12-18-6-3-5-17-4-1-2-7-21(17)18/h1-10,13-15H,11-12H2,(H,26,30). The number of rotatable bonds is 7. The van der Waals surface area contributed by atoms with E-state index in [2.05, 4.69) is 39.8 Å². The maximum atomic E-state index is 12.7. The van der Waals surface area contributed by atoms with Crippen molar-refractivity contribution in [3.05, 3.63) is 105 Å². The number of benzene rings is 2. The number of carbonyl (C=O) groups is 1. The minimum atomic E-state index is -0.490. The summed E-state index contributed by atoms with van der Waals surface area (Å²) < 4.78 is 3.26. The number of nitrogens with one attached hydrogen (secondary N) is 1. The largest absolute Gasteiger partial charge is 0.319 e. The lowest BCUT2D eigenvalue weighted by Crippen LogP contribution is -2.09. The van der Waals surface area contributed by atoms with E-state index in [0.29, 0.717) is 23.7 Å². The van der Waals surface area contributed by atoms with Crippen molar-refractivity contribution in [3.63, 3.8) is 0 Å². The third-order valence-electron chi connectivity index (χ3n) is 5.16. The van der Waals surface area contributed by atoms with Crippen LogP contribution in [0.25, 0.3) is 10.8 Å². The zero-order chi connectivity index (χ0) is 22.8. The number of thiophene rings is 1. The number of hydrogen-bond donors (Lipinski definition) is 1. The number of amides is 1. The third kappa shape index (κ3) is 4.51. The second-order valence-corrected chi connectivity index (χ2v) is 8.40. The van der Waals surface area contributed by atoms with Crippen molar-refractivity contribution in [3.8, 4) is 0 Å². The van der Waals surface area contributed by atoms with E-state index in [1.165, 1.54) is 39.2 Å². The minimum Gasteiger partial charge on any atom is -0.319 e. The smallest absolute Gasteiger partial charge is 0.307 e. The van der Waals surface area contributed by atoms with Gasteiger partial charge in [-0.1, -0.05) is 42.5 Å². The number of aromatic nitrogens is 4. The monoisotopic (exact) mass is 458 g/mol. The Bertz CT molecular complexity index is 1460. The second-order valence-electron chi connectivity index (χ2n) is 7.49. The number of hydrogen-bond acceptors (Lipinski definition) is 6. The van der Waals surface area contributed by atoms with Gasteiger partial charge in [0.15, 0.2) is 0 Å². The maximum Gasteiger partial charge on any atom is 0.307 e. The van der Waals surface area contributed by atoms with Crippen LogP contribution in [0.15, 0.2) is 78.7 Å². The highest BCUT2D eigenvalue weighted by atomic mass is 32.1. The molecule has 0 aliphatic carbocycles. The lowest BCUT2D eigenvalue weighted by atomic mass is 10.0. The van der Waals surface area contributed by atoms with Crippen LogP contribution in [0.3, 0.4) is 0 Å². The Hall–Kier alpha value is -4.31. The fourth-order valence-electron chi connectivity index (χ4n) is 3.61. The predicted molar refractivity (Wildman–Crippen MR) is 126 cm³/mol. The average Bonchev–Trinajstić information content (AvgIpc) is 3.56. The van der Waals surface area contributed by atoms with Crippen LogP contribution in [-0.4, -0.2) is 30.4 Å². The van der Waals surface area contributed by atoms with Crippen LogP contribution in [0.2, 0.25) is 0 Å². The van der Waals surface area contributed by atoms with Gasteiger partial charge in [-0.3, -0.25) is 24.3 Å². The number of anilines is 1. The van der Waals surface area contributed by atoms with Crippen molar-refractivity contribution < 1.29 is 9.72 Å². The van der Waals surface area contributed by atoms with Gasteiger partial charge in [0.25, 0.3) is 5.91 Å². The quantitative estimate of drug-likeness (QED) is 0.284. The molecule has 0 fully saturated rings. The van der Waals surface area contributed by atoms with Crippen LogP contribution < -0.4 is 5.32 Å². The SMILES string of the molecule is O=C(Nc1cnn(Cc2cccc3ccccc23)c1)c1cc(Cn2cc([N+](=O)[O-])cn2)cs1. The van der Waals surface area contributed by atoms with E-state index in [1.807, 2.05) is 23.6 Å². The molecule has 0 radical (unpaired) electrons. The first-order chi connectivity index (χ1) is 16.0. The molecule has 33 heavy (non-hydrogen) atoms. The molecule has 0 saturated carbocycles. The number of nitro groups is 1. The number of fused-ring (bicyclic) bond motifs is 1. The molecule has 0 unspecified atom stereocenters. The first kappa shape index (κ1) is 20.6. The topological polar surface area (TPSA) is 108 Å². The molecule has 5 rings (SSSR count). The summed E-state index contributed by atoms with van der Waals surface area (Å²) in [6, 6.07) is 16.1. The van der Waals surface area contributed by atoms with Crippen LogP contribution in [0.1, 0.15) is 20.8 Å². The fourth-order valence-corrected chi connectivity index (χ4v) is 4.41. The van der Waals surface area contributed by atoms with Crippen LogP contribution in [-0.2, 0) is 13.1 Å². The summed E-state index contributed by atoms with van der Waals surface area (Å²) in [5.41, 5.74) is 2.53. The van der Waals surface area contributed by atoms with E-state index in [0.717, 1.165) is 11.1 Å². The zero-order valence-electron chi connectivity index (χ0n) is 17.3. The molecule has 1 amide bonds. The summed E-state index contributed by atoms with van der Waals surface area (Å²) in [4.78, 5) is 23.5. The Morgan fingerprint density at radius 3 is 2.67 bits per heavy atom. The summed E-state index contributed by atoms with van der Waals surface area (Å²) >= 11 is 1.31. The van der Waals surface area contributed by atoms with Crippen molar-refractivity contribution >= 4 is 39.4 Å². The van der Waals surface area contributed by atoms with Gasteiger partial charge >= 0.3 is 5.69 Å². The van der Waals surface area contributed by atoms with Crippen LogP contribution >= 0.6 is 11.3 Å². The molecule has 3 aromatic heterocycles. The number of nitrogens with zero attached hydrogens (tertiary/aromatic N) is 5. The van der Waals surface area contributed by atoms with E-state index in [1.54, 1.807) is 23.1 Å². The van der Waals surface area contributed by atoms with Gasteiger partial charge < -0.3 is 5.32 Å². The van der Waals surface area contributed by atoms with Crippen LogP contribution in [0, 0.1) is 10.1 Å². The van der Waals surface area contributed by atoms with Crippen LogP contribution in [0.5, 0.6) is 0 Å². The molecule has 5 aromatic rings. The van der Waals surface area contributed by atoms with Gasteiger partial charge in [0.2, 0.25) is 0 Å². The van der Waals surface area contributed by atoms with E-state index in [-0.39, 0.29) is 11.6 Å². The predicted octanol–water partition coefficient (Wildman–Crippen LogP) is 4.55. The molecule has 0 aliphatic rings. The Morgan fingerprint density at radius 2 is 1.82 bits per heavy atom. The Labute approximate surface area is 192 Å². The highest BCUT2D eigenvalue weighted by Gasteiger charge is 2.13. The lowest BCUT2D eigenvalue weighted by molar-refractivity contribution is -0.385. The normalized spacial score (nSPS) is 11.0. The Kier molecular flexibility index (Phi) is 5.41. The third-order valence-corrected chi connectivity index (χ3v) is 6.13. The molecule has 0 bridgehead atoms. The lowest BCUT2D eigenvalue weighted by Gasteiger charge is -2.06. The summed E-state index contributed by atoms with van der Waals surface area (Å²) in [6.45, 7) is 0.941. The molecular formula is C23H18N6O3S. The molecule has 0 spiro atoms. The van der Waals surface area contributed by atoms with Gasteiger partial charge in [-0.15, -0.1) is 11.3 Å². The van der Waals surface area contributed by atoms with Crippen molar-refractivity contribution in [2.24, 2.45) is 0 Å². The molecule has 9 nitrogen and oxygen atoms in total. The van der Waals surface area contributed by atoms with Crippen molar-refractivity contribution in [1.29, 1.82) is 0 Å². The maximum absolute atomic E-state index is 12.7. The van der Waals surface area contributed by atoms with Crippen molar-refractivity contribution in [2.45, 2.75) is 13.1 Å². The van der Waals surface area contributed by atoms with Gasteiger partial charge in [0.1, 0.15) is 12.4 Å². The van der Waals surface area contributed by atoms with Crippen molar-refractivity contribution in [1.82, 2.24) is 19.6 Å². The molecule has 10 heteroatoms. The van der Waals surface area contributed by atoms with Gasteiger partial charge in [-0.05, 0) is 33.3 Å². The first-order valence-electron chi connectivity index (χ1n) is 10.1. The molecule has 3 heterocycles. The first-order valence-corrected chi connectivity index (χ1v) is 11.0. The van der Waals surface area contributed by atoms with Gasteiger partial charge in [-0.25, -0.2) is 0 Å². The van der Waals surface area contributed by atoms with Gasteiger partial charge in [0, 0.05) is 6.20 Å². The van der Waals surface area contributed by atoms with E-state index < -0.39 is 4.92 Å². The second kappa shape index (κ2) is 8.67. The van der Waals surface area contributed by atoms with Crippen molar-refractivity contribution in [2.75, 3.05) is 5.32 Å². The summed E-state index contributed by atoms with van der Waals surface area (Å²) in [6.07, 6.45) is 6.00. The molecule has 164 valence electrons. The molecule has 0 atom stereocenters. The summed E-state index contributed by atoms with van der Waals surface area (Å²) in [7, 11) is 0. The Balaban J connectivity index is 1.24. The van der Waals surface area contributed by atoms with E-state index in [4.69, 9.17) is 0 Å². The number of carbonyl (C=O) groups excluding carboxylic acids is 1. The molecule has 2 aromatic carbocycles. The van der Waals surface area contributed by atoms with Crippen LogP contribution in [0.4, 0.5) is 11.4 Å². The fraction of sp³-hybridized carbons (Fsp3) is 0.0870. The molecule has 0 saturated heterocycles.